The average molecular weight is 263 g/mol. The van der Waals surface area contributed by atoms with Crippen LogP contribution in [0.25, 0.3) is 0 Å². The van der Waals surface area contributed by atoms with Crippen LogP contribution in [0, 0.1) is 0 Å². The molecule has 0 bridgehead atoms. The average Bonchev–Trinajstić information content (AvgIpc) is 2.39. The van der Waals surface area contributed by atoms with Gasteiger partial charge < -0.3 is 16.4 Å². The van der Waals surface area contributed by atoms with Crippen molar-refractivity contribution in [3.8, 4) is 0 Å². The van der Waals surface area contributed by atoms with Gasteiger partial charge in [0.15, 0.2) is 0 Å². The van der Waals surface area contributed by atoms with E-state index in [0.717, 1.165) is 5.56 Å². The van der Waals surface area contributed by atoms with Crippen molar-refractivity contribution in [3.05, 3.63) is 35.9 Å². The fourth-order valence-electron chi connectivity index (χ4n) is 2.04. The second-order valence-electron chi connectivity index (χ2n) is 4.57. The van der Waals surface area contributed by atoms with Crippen LogP contribution in [0.1, 0.15) is 18.9 Å². The first-order valence-corrected chi connectivity index (χ1v) is 6.32. The van der Waals surface area contributed by atoms with E-state index >= 15 is 0 Å². The van der Waals surface area contributed by atoms with Crippen molar-refractivity contribution in [2.24, 2.45) is 11.5 Å². The normalized spacial score (nSPS) is 13.6. The van der Waals surface area contributed by atoms with Gasteiger partial charge in [-0.05, 0) is 18.4 Å². The Morgan fingerprint density at radius 1 is 1.26 bits per heavy atom. The summed E-state index contributed by atoms with van der Waals surface area (Å²) in [7, 11) is 1.56. The lowest BCUT2D eigenvalue weighted by Crippen LogP contribution is -2.51. The van der Waals surface area contributed by atoms with Crippen LogP contribution in [0.4, 0.5) is 0 Å². The molecule has 1 aromatic rings. The van der Waals surface area contributed by atoms with E-state index in [4.69, 9.17) is 11.5 Å². The highest BCUT2D eigenvalue weighted by Crippen LogP contribution is 2.07. The number of carbonyl (C=O) groups is 2. The molecule has 0 aromatic heterocycles. The maximum atomic E-state index is 12.1. The van der Waals surface area contributed by atoms with Gasteiger partial charge in [-0.1, -0.05) is 37.3 Å². The molecule has 0 aliphatic rings. The Balaban J connectivity index is 2.68. The molecule has 0 saturated heterocycles. The predicted octanol–water partition coefficient (Wildman–Crippen LogP) is 0.279. The summed E-state index contributed by atoms with van der Waals surface area (Å²) in [6.45, 7) is 1.81. The summed E-state index contributed by atoms with van der Waals surface area (Å²) < 4.78 is 0. The Morgan fingerprint density at radius 3 is 2.32 bits per heavy atom. The number of rotatable bonds is 6. The van der Waals surface area contributed by atoms with E-state index in [9.17, 15) is 9.59 Å². The highest BCUT2D eigenvalue weighted by atomic mass is 16.2. The predicted molar refractivity (Wildman–Crippen MR) is 74.2 cm³/mol. The zero-order valence-electron chi connectivity index (χ0n) is 11.4. The number of hydrogen-bond donors (Lipinski definition) is 2. The topological polar surface area (TPSA) is 89.4 Å². The molecule has 2 amide bonds. The van der Waals surface area contributed by atoms with E-state index in [1.54, 1.807) is 7.05 Å². The van der Waals surface area contributed by atoms with Gasteiger partial charge in [0, 0.05) is 7.05 Å². The maximum Gasteiger partial charge on any atom is 0.240 e. The minimum atomic E-state index is -0.666. The quantitative estimate of drug-likeness (QED) is 0.772. The minimum Gasteiger partial charge on any atom is -0.368 e. The molecule has 0 saturated carbocycles. The molecule has 0 fully saturated rings. The second kappa shape index (κ2) is 6.89. The Morgan fingerprint density at radius 2 is 1.84 bits per heavy atom. The smallest absolute Gasteiger partial charge is 0.240 e. The van der Waals surface area contributed by atoms with E-state index < -0.39 is 18.0 Å². The van der Waals surface area contributed by atoms with Crippen molar-refractivity contribution in [2.45, 2.75) is 31.8 Å². The van der Waals surface area contributed by atoms with E-state index in [1.165, 1.54) is 4.90 Å². The minimum absolute atomic E-state index is 0.269. The van der Waals surface area contributed by atoms with Gasteiger partial charge in [0.25, 0.3) is 0 Å². The van der Waals surface area contributed by atoms with Crippen LogP contribution in [0.5, 0.6) is 0 Å². The van der Waals surface area contributed by atoms with E-state index in [1.807, 2.05) is 37.3 Å². The molecular formula is C14H21N3O2. The lowest BCUT2D eigenvalue weighted by molar-refractivity contribution is -0.138. The van der Waals surface area contributed by atoms with Crippen molar-refractivity contribution < 1.29 is 9.59 Å². The lowest BCUT2D eigenvalue weighted by Gasteiger charge is -2.27. The van der Waals surface area contributed by atoms with E-state index in [2.05, 4.69) is 0 Å². The zero-order chi connectivity index (χ0) is 14.4. The fourth-order valence-corrected chi connectivity index (χ4v) is 2.04. The molecule has 5 nitrogen and oxygen atoms in total. The number of likely N-dealkylation sites (N-methyl/N-ethyl adjacent to an activating group) is 1. The summed E-state index contributed by atoms with van der Waals surface area (Å²) in [5.41, 5.74) is 12.2. The summed E-state index contributed by atoms with van der Waals surface area (Å²) in [5, 5.41) is 0. The molecule has 0 aliphatic heterocycles. The molecule has 1 unspecified atom stereocenters. The Labute approximate surface area is 113 Å². The number of hydrogen-bond acceptors (Lipinski definition) is 3. The van der Waals surface area contributed by atoms with Crippen LogP contribution in [0.3, 0.4) is 0 Å². The molecule has 0 radical (unpaired) electrons. The summed E-state index contributed by atoms with van der Waals surface area (Å²) in [6, 6.07) is 8.26. The number of nitrogens with zero attached hydrogens (tertiary/aromatic N) is 1. The molecule has 104 valence electrons. The van der Waals surface area contributed by atoms with Gasteiger partial charge >= 0.3 is 0 Å². The van der Waals surface area contributed by atoms with Crippen LogP contribution in [0.2, 0.25) is 0 Å². The van der Waals surface area contributed by atoms with Gasteiger partial charge in [0.1, 0.15) is 6.04 Å². The number of nitrogens with two attached hydrogens (primary N) is 2. The highest BCUT2D eigenvalue weighted by molar-refractivity contribution is 5.88. The molecule has 4 N–H and O–H groups in total. The SMILES string of the molecule is CCC(C(N)=O)N(C)C(=O)[C@@H](N)Cc1ccccc1. The molecule has 0 spiro atoms. The molecule has 5 heteroatoms. The number of primary amides is 1. The number of benzene rings is 1. The molecule has 1 rings (SSSR count). The maximum absolute atomic E-state index is 12.1. The van der Waals surface area contributed by atoms with Gasteiger partial charge in [-0.25, -0.2) is 0 Å². The van der Waals surface area contributed by atoms with Gasteiger partial charge in [-0.3, -0.25) is 9.59 Å². The van der Waals surface area contributed by atoms with Crippen LogP contribution in [0.15, 0.2) is 30.3 Å². The van der Waals surface area contributed by atoms with E-state index in [0.29, 0.717) is 12.8 Å². The first kappa shape index (κ1) is 15.2. The Hall–Kier alpha value is -1.88. The van der Waals surface area contributed by atoms with Gasteiger partial charge in [0.2, 0.25) is 11.8 Å². The van der Waals surface area contributed by atoms with Crippen LogP contribution in [-0.4, -0.2) is 35.8 Å². The summed E-state index contributed by atoms with van der Waals surface area (Å²) >= 11 is 0. The third kappa shape index (κ3) is 4.06. The Bertz CT molecular complexity index is 434. The summed E-state index contributed by atoms with van der Waals surface area (Å²) in [6.07, 6.45) is 0.925. The number of carbonyl (C=O) groups excluding carboxylic acids is 2. The first-order valence-electron chi connectivity index (χ1n) is 6.32. The molecule has 1 aromatic carbocycles. The molecule has 2 atom stereocenters. The van der Waals surface area contributed by atoms with Crippen molar-refractivity contribution in [1.29, 1.82) is 0 Å². The van der Waals surface area contributed by atoms with Crippen LogP contribution >= 0.6 is 0 Å². The standard InChI is InChI=1S/C14H21N3O2/c1-3-12(13(16)18)17(2)14(19)11(15)9-10-7-5-4-6-8-10/h4-8,11-12H,3,9,15H2,1-2H3,(H2,16,18)/t11-,12?/m0/s1. The summed E-state index contributed by atoms with van der Waals surface area (Å²) in [5.74, 6) is -0.778. The van der Waals surface area contributed by atoms with Crippen molar-refractivity contribution in [3.63, 3.8) is 0 Å². The summed E-state index contributed by atoms with van der Waals surface area (Å²) in [4.78, 5) is 24.7. The molecule has 0 aliphatic carbocycles. The lowest BCUT2D eigenvalue weighted by atomic mass is 10.0. The van der Waals surface area contributed by atoms with Gasteiger partial charge in [-0.2, -0.15) is 0 Å². The molecular weight excluding hydrogens is 242 g/mol. The monoisotopic (exact) mass is 263 g/mol. The van der Waals surface area contributed by atoms with Crippen LogP contribution in [-0.2, 0) is 16.0 Å². The number of amides is 2. The fraction of sp³-hybridized carbons (Fsp3) is 0.429. The van der Waals surface area contributed by atoms with Crippen LogP contribution < -0.4 is 11.5 Å². The second-order valence-corrected chi connectivity index (χ2v) is 4.57. The Kier molecular flexibility index (Phi) is 5.51. The van der Waals surface area contributed by atoms with E-state index in [-0.39, 0.29) is 5.91 Å². The third-order valence-corrected chi connectivity index (χ3v) is 3.15. The molecule has 19 heavy (non-hydrogen) atoms. The molecule has 0 heterocycles. The largest absolute Gasteiger partial charge is 0.368 e. The van der Waals surface area contributed by atoms with Crippen molar-refractivity contribution in [2.75, 3.05) is 7.05 Å². The van der Waals surface area contributed by atoms with Crippen molar-refractivity contribution >= 4 is 11.8 Å². The third-order valence-electron chi connectivity index (χ3n) is 3.15. The van der Waals surface area contributed by atoms with Gasteiger partial charge in [0.05, 0.1) is 6.04 Å². The van der Waals surface area contributed by atoms with Gasteiger partial charge in [-0.15, -0.1) is 0 Å². The zero-order valence-corrected chi connectivity index (χ0v) is 11.4. The first-order chi connectivity index (χ1) is 8.97. The van der Waals surface area contributed by atoms with Crippen molar-refractivity contribution in [1.82, 2.24) is 4.90 Å². The highest BCUT2D eigenvalue weighted by Gasteiger charge is 2.26.